The summed E-state index contributed by atoms with van der Waals surface area (Å²) in [7, 11) is 1.82. The van der Waals surface area contributed by atoms with Crippen molar-refractivity contribution in [2.75, 3.05) is 5.32 Å². The van der Waals surface area contributed by atoms with Crippen molar-refractivity contribution >= 4 is 11.7 Å². The van der Waals surface area contributed by atoms with Crippen LogP contribution in [0.2, 0.25) is 0 Å². The van der Waals surface area contributed by atoms with Crippen molar-refractivity contribution in [3.8, 4) is 0 Å². The molecule has 5 nitrogen and oxygen atoms in total. The van der Waals surface area contributed by atoms with Crippen molar-refractivity contribution in [3.05, 3.63) is 47.0 Å². The molecule has 0 aliphatic rings. The lowest BCUT2D eigenvalue weighted by Crippen LogP contribution is -2.04. The van der Waals surface area contributed by atoms with E-state index in [2.05, 4.69) is 10.4 Å². The molecule has 0 saturated heterocycles. The fourth-order valence-electron chi connectivity index (χ4n) is 1.81. The number of aromatic nitrogens is 2. The molecule has 2 rings (SSSR count). The van der Waals surface area contributed by atoms with Gasteiger partial charge in [-0.15, -0.1) is 0 Å². The van der Waals surface area contributed by atoms with Gasteiger partial charge in [-0.2, -0.15) is 5.10 Å². The Morgan fingerprint density at radius 2 is 2.26 bits per heavy atom. The predicted octanol–water partition coefficient (Wildman–Crippen LogP) is 2.18. The minimum atomic E-state index is -1.26. The van der Waals surface area contributed by atoms with Gasteiger partial charge in [0, 0.05) is 19.8 Å². The zero-order valence-corrected chi connectivity index (χ0v) is 10.6. The van der Waals surface area contributed by atoms with Gasteiger partial charge in [-0.05, 0) is 24.6 Å². The van der Waals surface area contributed by atoms with Crippen molar-refractivity contribution in [1.29, 1.82) is 0 Å². The minimum absolute atomic E-state index is 0.318. The quantitative estimate of drug-likeness (QED) is 0.887. The van der Waals surface area contributed by atoms with E-state index < -0.39 is 11.8 Å². The summed E-state index contributed by atoms with van der Waals surface area (Å²) in [5, 5.41) is 16.0. The van der Waals surface area contributed by atoms with E-state index in [0.717, 1.165) is 11.4 Å². The topological polar surface area (TPSA) is 67.2 Å². The molecule has 0 saturated carbocycles. The number of aryl methyl sites for hydroxylation is 2. The normalized spacial score (nSPS) is 10.5. The number of carboxylic acids is 1. The summed E-state index contributed by atoms with van der Waals surface area (Å²) in [5.74, 6) is -1.99. The van der Waals surface area contributed by atoms with Gasteiger partial charge in [0.15, 0.2) is 0 Å². The molecule has 1 aromatic heterocycles. The summed E-state index contributed by atoms with van der Waals surface area (Å²) in [6.07, 6.45) is 1.83. The minimum Gasteiger partial charge on any atom is -0.478 e. The molecule has 100 valence electrons. The number of aromatic carboxylic acids is 1. The van der Waals surface area contributed by atoms with Gasteiger partial charge in [0.2, 0.25) is 0 Å². The molecule has 0 amide bonds. The van der Waals surface area contributed by atoms with Gasteiger partial charge in [0.1, 0.15) is 5.82 Å². The molecule has 0 spiro atoms. The number of anilines is 1. The largest absolute Gasteiger partial charge is 0.478 e. The number of rotatable bonds is 4. The standard InChI is InChI=1S/C13H14FN3O2/c1-8-12(7-17(2)16-8)15-6-9-3-4-10(13(18)19)11(14)5-9/h3-5,7,15H,6H2,1-2H3,(H,18,19). The smallest absolute Gasteiger partial charge is 0.338 e. The third-order valence-electron chi connectivity index (χ3n) is 2.76. The first-order valence-electron chi connectivity index (χ1n) is 5.73. The van der Waals surface area contributed by atoms with Gasteiger partial charge in [-0.1, -0.05) is 6.07 Å². The summed E-state index contributed by atoms with van der Waals surface area (Å²) in [6.45, 7) is 2.28. The number of carboxylic acid groups (broad SMARTS) is 1. The molecule has 6 heteroatoms. The maximum Gasteiger partial charge on any atom is 0.338 e. The number of hydrogen-bond donors (Lipinski definition) is 2. The third-order valence-corrected chi connectivity index (χ3v) is 2.76. The Kier molecular flexibility index (Phi) is 3.50. The number of hydrogen-bond acceptors (Lipinski definition) is 3. The van der Waals surface area contributed by atoms with Crippen LogP contribution >= 0.6 is 0 Å². The van der Waals surface area contributed by atoms with Crippen LogP contribution in [0.25, 0.3) is 0 Å². The van der Waals surface area contributed by atoms with E-state index in [4.69, 9.17) is 5.11 Å². The van der Waals surface area contributed by atoms with Crippen LogP contribution in [-0.2, 0) is 13.6 Å². The van der Waals surface area contributed by atoms with Gasteiger partial charge in [-0.25, -0.2) is 9.18 Å². The van der Waals surface area contributed by atoms with Gasteiger partial charge in [0.05, 0.1) is 16.9 Å². The Labute approximate surface area is 109 Å². The average molecular weight is 263 g/mol. The van der Waals surface area contributed by atoms with E-state index in [-0.39, 0.29) is 5.56 Å². The first-order chi connectivity index (χ1) is 8.97. The lowest BCUT2D eigenvalue weighted by atomic mass is 10.1. The van der Waals surface area contributed by atoms with Crippen LogP contribution in [0.1, 0.15) is 21.6 Å². The molecule has 2 aromatic rings. The summed E-state index contributed by atoms with van der Waals surface area (Å²) < 4.78 is 15.2. The van der Waals surface area contributed by atoms with Crippen molar-refractivity contribution < 1.29 is 14.3 Å². The van der Waals surface area contributed by atoms with Crippen LogP contribution in [0.15, 0.2) is 24.4 Å². The Hall–Kier alpha value is -2.37. The zero-order chi connectivity index (χ0) is 14.0. The van der Waals surface area contributed by atoms with Crippen LogP contribution in [0, 0.1) is 12.7 Å². The molecule has 0 bridgehead atoms. The Morgan fingerprint density at radius 1 is 1.53 bits per heavy atom. The van der Waals surface area contributed by atoms with E-state index in [1.54, 1.807) is 10.7 Å². The second kappa shape index (κ2) is 5.09. The molecule has 0 aliphatic carbocycles. The SMILES string of the molecule is Cc1nn(C)cc1NCc1ccc(C(=O)O)c(F)c1. The molecule has 2 N–H and O–H groups in total. The highest BCUT2D eigenvalue weighted by atomic mass is 19.1. The van der Waals surface area contributed by atoms with E-state index >= 15 is 0 Å². The fraction of sp³-hybridized carbons (Fsp3) is 0.231. The zero-order valence-electron chi connectivity index (χ0n) is 10.6. The maximum atomic E-state index is 13.5. The summed E-state index contributed by atoms with van der Waals surface area (Å²) in [5.41, 5.74) is 2.07. The second-order valence-corrected chi connectivity index (χ2v) is 4.27. The highest BCUT2D eigenvalue weighted by Gasteiger charge is 2.10. The molecule has 0 radical (unpaired) electrons. The van der Waals surface area contributed by atoms with Crippen molar-refractivity contribution in [2.24, 2.45) is 7.05 Å². The van der Waals surface area contributed by atoms with Gasteiger partial charge in [-0.3, -0.25) is 4.68 Å². The summed E-state index contributed by atoms with van der Waals surface area (Å²) >= 11 is 0. The first kappa shape index (κ1) is 13.1. The van der Waals surface area contributed by atoms with Crippen LogP contribution in [0.5, 0.6) is 0 Å². The number of nitrogens with one attached hydrogen (secondary N) is 1. The summed E-state index contributed by atoms with van der Waals surface area (Å²) in [6, 6.07) is 4.08. The van der Waals surface area contributed by atoms with Crippen LogP contribution in [0.3, 0.4) is 0 Å². The number of halogens is 1. The second-order valence-electron chi connectivity index (χ2n) is 4.27. The maximum absolute atomic E-state index is 13.5. The molecule has 0 aliphatic heterocycles. The van der Waals surface area contributed by atoms with Crippen molar-refractivity contribution in [2.45, 2.75) is 13.5 Å². The van der Waals surface area contributed by atoms with E-state index in [1.165, 1.54) is 12.1 Å². The van der Waals surface area contributed by atoms with Crippen LogP contribution in [-0.4, -0.2) is 20.9 Å². The predicted molar refractivity (Wildman–Crippen MR) is 68.6 cm³/mol. The van der Waals surface area contributed by atoms with E-state index in [9.17, 15) is 9.18 Å². The third kappa shape index (κ3) is 2.90. The molecule has 1 aromatic carbocycles. The molecular weight excluding hydrogens is 249 g/mol. The first-order valence-corrected chi connectivity index (χ1v) is 5.73. The average Bonchev–Trinajstić information content (AvgIpc) is 2.65. The molecule has 1 heterocycles. The van der Waals surface area contributed by atoms with Crippen molar-refractivity contribution in [3.63, 3.8) is 0 Å². The van der Waals surface area contributed by atoms with Crippen LogP contribution < -0.4 is 5.32 Å². The lowest BCUT2D eigenvalue weighted by molar-refractivity contribution is 0.0692. The van der Waals surface area contributed by atoms with Gasteiger partial charge in [0.25, 0.3) is 0 Å². The van der Waals surface area contributed by atoms with Crippen LogP contribution in [0.4, 0.5) is 10.1 Å². The van der Waals surface area contributed by atoms with Gasteiger partial charge >= 0.3 is 5.97 Å². The van der Waals surface area contributed by atoms with E-state index in [0.29, 0.717) is 12.1 Å². The Bertz CT molecular complexity index is 622. The number of carbonyl (C=O) groups is 1. The molecule has 0 unspecified atom stereocenters. The highest BCUT2D eigenvalue weighted by molar-refractivity contribution is 5.87. The lowest BCUT2D eigenvalue weighted by Gasteiger charge is -2.06. The Morgan fingerprint density at radius 3 is 2.79 bits per heavy atom. The summed E-state index contributed by atoms with van der Waals surface area (Å²) in [4.78, 5) is 10.7. The number of nitrogens with zero attached hydrogens (tertiary/aromatic N) is 2. The fourth-order valence-corrected chi connectivity index (χ4v) is 1.81. The Balaban J connectivity index is 2.10. The van der Waals surface area contributed by atoms with Gasteiger partial charge < -0.3 is 10.4 Å². The molecular formula is C13H14FN3O2. The van der Waals surface area contributed by atoms with E-state index in [1.807, 2.05) is 20.2 Å². The monoisotopic (exact) mass is 263 g/mol. The molecule has 0 atom stereocenters. The molecule has 19 heavy (non-hydrogen) atoms. The highest BCUT2D eigenvalue weighted by Crippen LogP contribution is 2.15. The molecule has 0 fully saturated rings. The number of benzene rings is 1. The van der Waals surface area contributed by atoms with Crippen molar-refractivity contribution in [1.82, 2.24) is 9.78 Å².